The Bertz CT molecular complexity index is 870. The topological polar surface area (TPSA) is 105 Å². The second kappa shape index (κ2) is 8.99. The number of esters is 1. The maximum Gasteiger partial charge on any atom is 0.344 e. The number of benzene rings is 2. The van der Waals surface area contributed by atoms with Crippen molar-refractivity contribution in [1.82, 2.24) is 0 Å². The Labute approximate surface area is 150 Å². The summed E-state index contributed by atoms with van der Waals surface area (Å²) in [5.74, 6) is -1.07. The highest BCUT2D eigenvalue weighted by molar-refractivity contribution is 5.94. The first kappa shape index (κ1) is 18.7. The number of ether oxygens (including phenoxy) is 2. The fourth-order valence-corrected chi connectivity index (χ4v) is 2.01. The minimum atomic E-state index is -0.734. The van der Waals surface area contributed by atoms with Crippen LogP contribution in [0.25, 0.3) is 0 Å². The molecule has 7 heteroatoms. The SMILES string of the molecule is CC(=O)c1cccc(OCC(=O)OCC(=O)Nc2ccccc2C#N)c1. The van der Waals surface area contributed by atoms with Crippen LogP contribution in [0.4, 0.5) is 5.69 Å². The second-order valence-corrected chi connectivity index (χ2v) is 5.24. The third-order valence-electron chi connectivity index (χ3n) is 3.28. The molecular formula is C19H16N2O5. The third-order valence-corrected chi connectivity index (χ3v) is 3.28. The van der Waals surface area contributed by atoms with E-state index in [0.717, 1.165) is 0 Å². The summed E-state index contributed by atoms with van der Waals surface area (Å²) in [5, 5.41) is 11.5. The first-order valence-electron chi connectivity index (χ1n) is 7.68. The summed E-state index contributed by atoms with van der Waals surface area (Å²) in [6, 6.07) is 14.8. The largest absolute Gasteiger partial charge is 0.482 e. The predicted molar refractivity (Wildman–Crippen MR) is 92.7 cm³/mol. The number of rotatable bonds is 7. The van der Waals surface area contributed by atoms with Gasteiger partial charge in [0.25, 0.3) is 5.91 Å². The maximum absolute atomic E-state index is 11.8. The lowest BCUT2D eigenvalue weighted by molar-refractivity contribution is -0.149. The second-order valence-electron chi connectivity index (χ2n) is 5.24. The van der Waals surface area contributed by atoms with E-state index in [4.69, 9.17) is 14.7 Å². The number of para-hydroxylation sites is 1. The number of nitrogens with zero attached hydrogens (tertiary/aromatic N) is 1. The van der Waals surface area contributed by atoms with Crippen molar-refractivity contribution in [2.75, 3.05) is 18.5 Å². The Morgan fingerprint density at radius 2 is 1.85 bits per heavy atom. The van der Waals surface area contributed by atoms with Crippen molar-refractivity contribution in [3.05, 3.63) is 59.7 Å². The van der Waals surface area contributed by atoms with E-state index in [2.05, 4.69) is 5.32 Å². The number of amides is 1. The standard InChI is InChI=1S/C19H16N2O5/c1-13(22)14-6-4-7-16(9-14)25-12-19(24)26-11-18(23)21-17-8-3-2-5-15(17)10-20/h2-9H,11-12H2,1H3,(H,21,23). The Morgan fingerprint density at radius 1 is 1.08 bits per heavy atom. The van der Waals surface area contributed by atoms with E-state index in [9.17, 15) is 14.4 Å². The minimum Gasteiger partial charge on any atom is -0.482 e. The highest BCUT2D eigenvalue weighted by Gasteiger charge is 2.11. The molecule has 0 aliphatic heterocycles. The summed E-state index contributed by atoms with van der Waals surface area (Å²) in [4.78, 5) is 34.8. The molecule has 1 amide bonds. The molecule has 0 spiro atoms. The molecule has 0 saturated carbocycles. The molecule has 0 radical (unpaired) electrons. The van der Waals surface area contributed by atoms with Crippen LogP contribution in [0.3, 0.4) is 0 Å². The Balaban J connectivity index is 1.80. The van der Waals surface area contributed by atoms with E-state index >= 15 is 0 Å². The van der Waals surface area contributed by atoms with Gasteiger partial charge in [0.05, 0.1) is 11.3 Å². The van der Waals surface area contributed by atoms with Crippen molar-refractivity contribution in [2.24, 2.45) is 0 Å². The number of nitrogens with one attached hydrogen (secondary N) is 1. The highest BCUT2D eigenvalue weighted by atomic mass is 16.6. The van der Waals surface area contributed by atoms with Crippen LogP contribution in [-0.4, -0.2) is 30.9 Å². The van der Waals surface area contributed by atoms with Gasteiger partial charge in [-0.05, 0) is 31.2 Å². The van der Waals surface area contributed by atoms with Crippen LogP contribution in [0.5, 0.6) is 5.75 Å². The van der Waals surface area contributed by atoms with Gasteiger partial charge in [0, 0.05) is 5.56 Å². The molecular weight excluding hydrogens is 336 g/mol. The van der Waals surface area contributed by atoms with Crippen LogP contribution in [-0.2, 0) is 14.3 Å². The number of hydrogen-bond donors (Lipinski definition) is 1. The van der Waals surface area contributed by atoms with E-state index in [0.29, 0.717) is 22.6 Å². The van der Waals surface area contributed by atoms with E-state index in [-0.39, 0.29) is 5.78 Å². The van der Waals surface area contributed by atoms with Crippen molar-refractivity contribution < 1.29 is 23.9 Å². The molecule has 0 heterocycles. The molecule has 0 fully saturated rings. The summed E-state index contributed by atoms with van der Waals surface area (Å²) in [5.41, 5.74) is 1.11. The molecule has 0 atom stereocenters. The summed E-state index contributed by atoms with van der Waals surface area (Å²) in [6.07, 6.45) is 0. The number of Topliss-reactive ketones (excluding diaryl/α,β-unsaturated/α-hetero) is 1. The Hall–Kier alpha value is -3.66. The van der Waals surface area contributed by atoms with Gasteiger partial charge < -0.3 is 14.8 Å². The molecule has 0 aliphatic rings. The number of nitriles is 1. The van der Waals surface area contributed by atoms with Gasteiger partial charge in [-0.25, -0.2) is 4.79 Å². The average molecular weight is 352 g/mol. The van der Waals surface area contributed by atoms with E-state index < -0.39 is 25.1 Å². The summed E-state index contributed by atoms with van der Waals surface area (Å²) >= 11 is 0. The molecule has 0 aromatic heterocycles. The number of hydrogen-bond acceptors (Lipinski definition) is 6. The number of ketones is 1. The van der Waals surface area contributed by atoms with Gasteiger partial charge in [-0.15, -0.1) is 0 Å². The Morgan fingerprint density at radius 3 is 2.58 bits per heavy atom. The average Bonchev–Trinajstić information content (AvgIpc) is 2.65. The summed E-state index contributed by atoms with van der Waals surface area (Å²) in [7, 11) is 0. The maximum atomic E-state index is 11.8. The lowest BCUT2D eigenvalue weighted by atomic mass is 10.1. The van der Waals surface area contributed by atoms with Crippen LogP contribution < -0.4 is 10.1 Å². The van der Waals surface area contributed by atoms with Gasteiger partial charge in [-0.1, -0.05) is 24.3 Å². The van der Waals surface area contributed by atoms with Crippen LogP contribution >= 0.6 is 0 Å². The molecule has 26 heavy (non-hydrogen) atoms. The predicted octanol–water partition coefficient (Wildman–Crippen LogP) is 2.32. The molecule has 0 bridgehead atoms. The van der Waals surface area contributed by atoms with E-state index in [1.165, 1.54) is 13.0 Å². The van der Waals surface area contributed by atoms with E-state index in [1.54, 1.807) is 42.5 Å². The molecule has 132 valence electrons. The van der Waals surface area contributed by atoms with E-state index in [1.807, 2.05) is 6.07 Å². The summed E-state index contributed by atoms with van der Waals surface area (Å²) < 4.78 is 10.1. The van der Waals surface area contributed by atoms with Gasteiger partial charge in [0.2, 0.25) is 0 Å². The van der Waals surface area contributed by atoms with Crippen molar-refractivity contribution in [3.8, 4) is 11.8 Å². The lowest BCUT2D eigenvalue weighted by Crippen LogP contribution is -2.24. The zero-order chi connectivity index (χ0) is 18.9. The minimum absolute atomic E-state index is 0.118. The lowest BCUT2D eigenvalue weighted by Gasteiger charge is -2.09. The first-order chi connectivity index (χ1) is 12.5. The number of carbonyl (C=O) groups excluding carboxylic acids is 3. The first-order valence-corrected chi connectivity index (χ1v) is 7.68. The molecule has 7 nitrogen and oxygen atoms in total. The quantitative estimate of drug-likeness (QED) is 0.605. The van der Waals surface area contributed by atoms with Gasteiger partial charge in [0.1, 0.15) is 11.8 Å². The molecule has 0 unspecified atom stereocenters. The molecule has 2 rings (SSSR count). The fraction of sp³-hybridized carbons (Fsp3) is 0.158. The van der Waals surface area contributed by atoms with Crippen molar-refractivity contribution in [1.29, 1.82) is 5.26 Å². The monoisotopic (exact) mass is 352 g/mol. The zero-order valence-electron chi connectivity index (χ0n) is 14.0. The molecule has 1 N–H and O–H groups in total. The van der Waals surface area contributed by atoms with Crippen LogP contribution in [0, 0.1) is 11.3 Å². The molecule has 0 saturated heterocycles. The highest BCUT2D eigenvalue weighted by Crippen LogP contribution is 2.14. The normalized spacial score (nSPS) is 9.69. The molecule has 2 aromatic carbocycles. The summed E-state index contributed by atoms with van der Waals surface area (Å²) in [6.45, 7) is 0.523. The van der Waals surface area contributed by atoms with Gasteiger partial charge in [0.15, 0.2) is 19.0 Å². The van der Waals surface area contributed by atoms with Gasteiger partial charge >= 0.3 is 5.97 Å². The van der Waals surface area contributed by atoms with Gasteiger partial charge in [-0.2, -0.15) is 5.26 Å². The number of anilines is 1. The number of carbonyl (C=O) groups is 3. The van der Waals surface area contributed by atoms with Crippen molar-refractivity contribution in [3.63, 3.8) is 0 Å². The van der Waals surface area contributed by atoms with Gasteiger partial charge in [-0.3, -0.25) is 9.59 Å². The van der Waals surface area contributed by atoms with Crippen molar-refractivity contribution >= 4 is 23.3 Å². The van der Waals surface area contributed by atoms with Crippen LogP contribution in [0.2, 0.25) is 0 Å². The third kappa shape index (κ3) is 5.46. The van der Waals surface area contributed by atoms with Crippen molar-refractivity contribution in [2.45, 2.75) is 6.92 Å². The smallest absolute Gasteiger partial charge is 0.344 e. The molecule has 2 aromatic rings. The Kier molecular flexibility index (Phi) is 6.46. The van der Waals surface area contributed by atoms with Crippen LogP contribution in [0.15, 0.2) is 48.5 Å². The van der Waals surface area contributed by atoms with Crippen LogP contribution in [0.1, 0.15) is 22.8 Å². The molecule has 0 aliphatic carbocycles. The zero-order valence-corrected chi connectivity index (χ0v) is 14.0. The fourth-order valence-electron chi connectivity index (χ4n) is 2.01.